The Kier molecular flexibility index (Phi) is 2.74. The Morgan fingerprint density at radius 3 is 2.88 bits per heavy atom. The first-order valence-electron chi connectivity index (χ1n) is 4.43. The Hall–Kier alpha value is -1.69. The molecule has 2 aromatic rings. The summed E-state index contributed by atoms with van der Waals surface area (Å²) in [6.45, 7) is 1.80. The molecule has 0 aliphatic rings. The Labute approximate surface area is 95.8 Å². The molecular weight excluding hydrogens is 235 g/mol. The van der Waals surface area contributed by atoms with E-state index in [-0.39, 0.29) is 11.2 Å². The molecule has 7 heteroatoms. The van der Waals surface area contributed by atoms with Gasteiger partial charge in [-0.25, -0.2) is 9.67 Å². The molecule has 0 fully saturated rings. The predicted molar refractivity (Wildman–Crippen MR) is 55.0 cm³/mol. The normalized spacial score (nSPS) is 10.5. The summed E-state index contributed by atoms with van der Waals surface area (Å²) >= 11 is 5.54. The summed E-state index contributed by atoms with van der Waals surface area (Å²) in [5.41, 5.74) is 0.762. The zero-order chi connectivity index (χ0) is 11.7. The number of ether oxygens (including phenoxy) is 1. The maximum atomic E-state index is 13.3. The van der Waals surface area contributed by atoms with Crippen LogP contribution in [0.25, 0.3) is 0 Å². The van der Waals surface area contributed by atoms with E-state index in [9.17, 15) is 4.39 Å². The van der Waals surface area contributed by atoms with Gasteiger partial charge in [0.05, 0.1) is 11.9 Å². The first-order chi connectivity index (χ1) is 7.56. The third-order valence-corrected chi connectivity index (χ3v) is 2.02. The van der Waals surface area contributed by atoms with Crippen LogP contribution in [-0.4, -0.2) is 19.7 Å². The summed E-state index contributed by atoms with van der Waals surface area (Å²) in [6.07, 6.45) is 0.952. The van der Waals surface area contributed by atoms with Crippen molar-refractivity contribution in [2.45, 2.75) is 6.92 Å². The second-order valence-corrected chi connectivity index (χ2v) is 3.48. The van der Waals surface area contributed by atoms with Gasteiger partial charge in [0.1, 0.15) is 0 Å². The number of halogens is 2. The quantitative estimate of drug-likeness (QED) is 0.757. The van der Waals surface area contributed by atoms with Gasteiger partial charge in [-0.15, -0.1) is 0 Å². The fraction of sp³-hybridized carbons (Fsp3) is 0.222. The van der Waals surface area contributed by atoms with E-state index in [0.717, 1.165) is 11.9 Å². The van der Waals surface area contributed by atoms with Gasteiger partial charge in [0.25, 0.3) is 5.88 Å². The van der Waals surface area contributed by atoms with Crippen molar-refractivity contribution in [2.24, 2.45) is 7.05 Å². The van der Waals surface area contributed by atoms with Crippen LogP contribution in [0.4, 0.5) is 4.39 Å². The minimum Gasteiger partial charge on any atom is -0.418 e. The van der Waals surface area contributed by atoms with Gasteiger partial charge in [-0.3, -0.25) is 0 Å². The molecule has 84 valence electrons. The third-order valence-electron chi connectivity index (χ3n) is 1.84. The standard InChI is InChI=1S/C9H8ClFN4O/c1-5-3-7(15(2)14-5)16-8-6(11)4-12-9(10)13-8/h3-4H,1-2H3. The lowest BCUT2D eigenvalue weighted by Crippen LogP contribution is -1.99. The van der Waals surface area contributed by atoms with Crippen LogP contribution < -0.4 is 4.74 Å². The van der Waals surface area contributed by atoms with Gasteiger partial charge >= 0.3 is 0 Å². The molecule has 0 aliphatic heterocycles. The summed E-state index contributed by atoms with van der Waals surface area (Å²) in [5, 5.41) is 3.98. The van der Waals surface area contributed by atoms with Gasteiger partial charge in [0, 0.05) is 13.1 Å². The van der Waals surface area contributed by atoms with E-state index in [1.807, 2.05) is 0 Å². The highest BCUT2D eigenvalue weighted by Crippen LogP contribution is 2.22. The number of rotatable bonds is 2. The predicted octanol–water partition coefficient (Wildman–Crippen LogP) is 2.10. The van der Waals surface area contributed by atoms with Gasteiger partial charge in [-0.05, 0) is 18.5 Å². The molecule has 2 aromatic heterocycles. The maximum Gasteiger partial charge on any atom is 0.261 e. The second kappa shape index (κ2) is 4.05. The number of nitrogens with zero attached hydrogens (tertiary/aromatic N) is 4. The van der Waals surface area contributed by atoms with Crippen molar-refractivity contribution in [1.82, 2.24) is 19.7 Å². The Balaban J connectivity index is 2.33. The average Bonchev–Trinajstić information content (AvgIpc) is 2.51. The lowest BCUT2D eigenvalue weighted by atomic mass is 10.5. The van der Waals surface area contributed by atoms with Crippen molar-refractivity contribution in [3.63, 3.8) is 0 Å². The van der Waals surface area contributed by atoms with E-state index < -0.39 is 5.82 Å². The molecule has 5 nitrogen and oxygen atoms in total. The van der Waals surface area contributed by atoms with Crippen molar-refractivity contribution in [3.8, 4) is 11.8 Å². The van der Waals surface area contributed by atoms with Crippen LogP contribution in [0.5, 0.6) is 11.8 Å². The number of hydrogen-bond donors (Lipinski definition) is 0. The van der Waals surface area contributed by atoms with Gasteiger partial charge in [-0.1, -0.05) is 0 Å². The lowest BCUT2D eigenvalue weighted by molar-refractivity contribution is 0.385. The first-order valence-corrected chi connectivity index (χ1v) is 4.80. The van der Waals surface area contributed by atoms with Gasteiger partial charge < -0.3 is 4.74 Å². The zero-order valence-corrected chi connectivity index (χ0v) is 9.36. The molecule has 0 saturated heterocycles. The fourth-order valence-electron chi connectivity index (χ4n) is 1.18. The Morgan fingerprint density at radius 1 is 1.50 bits per heavy atom. The number of aryl methyl sites for hydroxylation is 2. The minimum absolute atomic E-state index is 0.0738. The van der Waals surface area contributed by atoms with E-state index in [1.165, 1.54) is 4.68 Å². The van der Waals surface area contributed by atoms with Gasteiger partial charge in [-0.2, -0.15) is 14.5 Å². The molecule has 16 heavy (non-hydrogen) atoms. The molecule has 0 N–H and O–H groups in total. The number of hydrogen-bond acceptors (Lipinski definition) is 4. The highest BCUT2D eigenvalue weighted by atomic mass is 35.5. The molecule has 0 radical (unpaired) electrons. The summed E-state index contributed by atoms with van der Waals surface area (Å²) < 4.78 is 20.0. The second-order valence-electron chi connectivity index (χ2n) is 3.14. The van der Waals surface area contributed by atoms with E-state index in [0.29, 0.717) is 5.88 Å². The molecular formula is C9H8ClFN4O. The summed E-state index contributed by atoms with van der Waals surface area (Å²) in [7, 11) is 1.68. The average molecular weight is 243 g/mol. The molecule has 0 atom stereocenters. The summed E-state index contributed by atoms with van der Waals surface area (Å²) in [4.78, 5) is 7.12. The third kappa shape index (κ3) is 2.11. The summed E-state index contributed by atoms with van der Waals surface area (Å²) in [5.74, 6) is -0.516. The molecule has 0 unspecified atom stereocenters. The van der Waals surface area contributed by atoms with Crippen molar-refractivity contribution >= 4 is 11.6 Å². The van der Waals surface area contributed by atoms with Crippen molar-refractivity contribution < 1.29 is 9.13 Å². The van der Waals surface area contributed by atoms with Crippen LogP contribution in [0.2, 0.25) is 5.28 Å². The smallest absolute Gasteiger partial charge is 0.261 e. The van der Waals surface area contributed by atoms with Crippen LogP contribution in [0.15, 0.2) is 12.3 Å². The molecule has 0 bridgehead atoms. The zero-order valence-electron chi connectivity index (χ0n) is 8.61. The van der Waals surface area contributed by atoms with Crippen LogP contribution in [-0.2, 0) is 7.05 Å². The highest BCUT2D eigenvalue weighted by molar-refractivity contribution is 6.28. The van der Waals surface area contributed by atoms with E-state index in [1.54, 1.807) is 20.0 Å². The molecule has 0 aliphatic carbocycles. The van der Waals surface area contributed by atoms with Crippen LogP contribution in [0.1, 0.15) is 5.69 Å². The molecule has 0 aromatic carbocycles. The lowest BCUT2D eigenvalue weighted by Gasteiger charge is -2.04. The molecule has 0 amide bonds. The highest BCUT2D eigenvalue weighted by Gasteiger charge is 2.11. The minimum atomic E-state index is -0.678. The molecule has 0 spiro atoms. The van der Waals surface area contributed by atoms with E-state index in [4.69, 9.17) is 16.3 Å². The fourth-order valence-corrected chi connectivity index (χ4v) is 1.31. The maximum absolute atomic E-state index is 13.3. The molecule has 0 saturated carbocycles. The molecule has 2 rings (SSSR count). The van der Waals surface area contributed by atoms with E-state index >= 15 is 0 Å². The summed E-state index contributed by atoms with van der Waals surface area (Å²) in [6, 6.07) is 1.66. The number of aromatic nitrogens is 4. The van der Waals surface area contributed by atoms with Crippen molar-refractivity contribution in [2.75, 3.05) is 0 Å². The first kappa shape index (κ1) is 10.8. The van der Waals surface area contributed by atoms with Crippen molar-refractivity contribution in [1.29, 1.82) is 0 Å². The SMILES string of the molecule is Cc1cc(Oc2nc(Cl)ncc2F)n(C)n1. The van der Waals surface area contributed by atoms with E-state index in [2.05, 4.69) is 15.1 Å². The van der Waals surface area contributed by atoms with Crippen LogP contribution >= 0.6 is 11.6 Å². The van der Waals surface area contributed by atoms with Crippen LogP contribution in [0, 0.1) is 12.7 Å². The van der Waals surface area contributed by atoms with Gasteiger partial charge in [0.15, 0.2) is 0 Å². The van der Waals surface area contributed by atoms with Crippen LogP contribution in [0.3, 0.4) is 0 Å². The largest absolute Gasteiger partial charge is 0.418 e. The topological polar surface area (TPSA) is 52.8 Å². The Bertz CT molecular complexity index is 528. The van der Waals surface area contributed by atoms with Crippen molar-refractivity contribution in [3.05, 3.63) is 29.1 Å². The monoisotopic (exact) mass is 242 g/mol. The Morgan fingerprint density at radius 2 is 2.25 bits per heavy atom. The molecule has 2 heterocycles. The van der Waals surface area contributed by atoms with Gasteiger partial charge in [0.2, 0.25) is 17.0 Å².